The summed E-state index contributed by atoms with van der Waals surface area (Å²) in [7, 11) is 0. The molecular weight excluding hydrogens is 502 g/mol. The van der Waals surface area contributed by atoms with E-state index in [1.807, 2.05) is 0 Å². The van der Waals surface area contributed by atoms with Gasteiger partial charge in [0.2, 0.25) is 0 Å². The molecule has 202 valence electrons. The molecule has 0 atom stereocenters. The zero-order chi connectivity index (χ0) is 27.8. The Balaban J connectivity index is 0.000000317. The van der Waals surface area contributed by atoms with Gasteiger partial charge in [-0.05, 0) is 61.9 Å². The van der Waals surface area contributed by atoms with E-state index in [1.54, 1.807) is 11.3 Å². The molecule has 0 saturated carbocycles. The topological polar surface area (TPSA) is 169 Å². The standard InChI is InChI=1S/C20H25NO2S.C6H8O7/c1-14-5-6-18-17(11-14)16(3)19(23-18)12-21(8-4-9-22)13-20-15(2)7-10-24-20;7-3(8)1-6(13,5(11)12)2-4(9)10/h5-7,10-11,22H,4,8-9,12-13H2,1-3H3;13H,1-2H2,(H,7,8)(H,9,10)(H,11,12). The minimum absolute atomic E-state index is 0.220. The molecule has 0 aliphatic carbocycles. The zero-order valence-electron chi connectivity index (χ0n) is 21.1. The monoisotopic (exact) mass is 535 g/mol. The SMILES string of the molecule is Cc1ccc2oc(CN(CCCO)Cc3sccc3C)c(C)c2c1.O=C(O)CC(O)(CC(=O)O)C(=O)O. The van der Waals surface area contributed by atoms with Gasteiger partial charge < -0.3 is 29.9 Å². The number of aryl methyl sites for hydroxylation is 3. The fraction of sp³-hybridized carbons (Fsp3) is 0.423. The largest absolute Gasteiger partial charge is 0.481 e. The first-order chi connectivity index (χ1) is 17.4. The summed E-state index contributed by atoms with van der Waals surface area (Å²) in [5.41, 5.74) is 2.04. The first kappa shape index (κ1) is 30.0. The second-order valence-electron chi connectivity index (χ2n) is 8.94. The van der Waals surface area contributed by atoms with Crippen molar-refractivity contribution < 1.29 is 44.3 Å². The number of hydrogen-bond acceptors (Lipinski definition) is 8. The molecule has 0 amide bonds. The van der Waals surface area contributed by atoms with Gasteiger partial charge in [-0.15, -0.1) is 11.3 Å². The lowest BCUT2D eigenvalue weighted by Crippen LogP contribution is -2.42. The summed E-state index contributed by atoms with van der Waals surface area (Å²) in [6.07, 6.45) is -1.51. The fourth-order valence-electron chi connectivity index (χ4n) is 3.73. The maximum Gasteiger partial charge on any atom is 0.336 e. The Kier molecular flexibility index (Phi) is 10.8. The van der Waals surface area contributed by atoms with Crippen LogP contribution in [0.15, 0.2) is 34.1 Å². The summed E-state index contributed by atoms with van der Waals surface area (Å²) < 4.78 is 6.11. The van der Waals surface area contributed by atoms with E-state index in [0.717, 1.165) is 37.4 Å². The smallest absolute Gasteiger partial charge is 0.336 e. The molecule has 0 fully saturated rings. The summed E-state index contributed by atoms with van der Waals surface area (Å²) in [4.78, 5) is 34.2. The van der Waals surface area contributed by atoms with Crippen molar-refractivity contribution in [3.63, 3.8) is 0 Å². The van der Waals surface area contributed by atoms with E-state index in [0.29, 0.717) is 0 Å². The minimum Gasteiger partial charge on any atom is -0.481 e. The molecule has 2 aromatic heterocycles. The van der Waals surface area contributed by atoms with Crippen LogP contribution in [0.1, 0.15) is 46.6 Å². The van der Waals surface area contributed by atoms with Crippen LogP contribution in [0.5, 0.6) is 0 Å². The van der Waals surface area contributed by atoms with Gasteiger partial charge in [-0.2, -0.15) is 0 Å². The number of hydrogen-bond donors (Lipinski definition) is 5. The Hall–Kier alpha value is -3.25. The van der Waals surface area contributed by atoms with E-state index in [4.69, 9.17) is 24.8 Å². The van der Waals surface area contributed by atoms with E-state index in [9.17, 15) is 19.5 Å². The number of thiophene rings is 1. The molecule has 3 aromatic rings. The van der Waals surface area contributed by atoms with E-state index < -0.39 is 36.4 Å². The average molecular weight is 536 g/mol. The number of carboxylic acids is 3. The van der Waals surface area contributed by atoms with Gasteiger partial charge in [0.15, 0.2) is 5.60 Å². The lowest BCUT2D eigenvalue weighted by Gasteiger charge is -2.21. The van der Waals surface area contributed by atoms with Crippen molar-refractivity contribution in [2.75, 3.05) is 13.2 Å². The molecule has 3 rings (SSSR count). The second kappa shape index (κ2) is 13.3. The highest BCUT2D eigenvalue weighted by Crippen LogP contribution is 2.28. The number of carboxylic acid groups (broad SMARTS) is 3. The maximum atomic E-state index is 10.3. The van der Waals surface area contributed by atoms with Crippen LogP contribution < -0.4 is 0 Å². The van der Waals surface area contributed by atoms with Gasteiger partial charge in [0.05, 0.1) is 19.4 Å². The van der Waals surface area contributed by atoms with E-state index in [1.165, 1.54) is 27.0 Å². The minimum atomic E-state index is -2.74. The first-order valence-electron chi connectivity index (χ1n) is 11.6. The van der Waals surface area contributed by atoms with Crippen molar-refractivity contribution in [2.24, 2.45) is 0 Å². The third kappa shape index (κ3) is 8.67. The van der Waals surface area contributed by atoms with Crippen LogP contribution in [0.2, 0.25) is 0 Å². The van der Waals surface area contributed by atoms with Crippen molar-refractivity contribution in [2.45, 2.75) is 58.7 Å². The van der Waals surface area contributed by atoms with Crippen LogP contribution in [-0.2, 0) is 27.5 Å². The summed E-state index contributed by atoms with van der Waals surface area (Å²) in [6.45, 7) is 9.17. The predicted octanol–water partition coefficient (Wildman–Crippen LogP) is 3.56. The van der Waals surface area contributed by atoms with Gasteiger partial charge in [-0.25, -0.2) is 4.79 Å². The summed E-state index contributed by atoms with van der Waals surface area (Å²) in [5.74, 6) is -3.99. The summed E-state index contributed by atoms with van der Waals surface area (Å²) in [6, 6.07) is 8.51. The molecule has 0 bridgehead atoms. The number of benzene rings is 1. The van der Waals surface area contributed by atoms with Gasteiger partial charge in [0, 0.05) is 30.0 Å². The second-order valence-corrected chi connectivity index (χ2v) is 9.94. The highest BCUT2D eigenvalue weighted by Gasteiger charge is 2.40. The van der Waals surface area contributed by atoms with Crippen molar-refractivity contribution in [1.82, 2.24) is 4.90 Å². The number of aliphatic carboxylic acids is 3. The third-order valence-corrected chi connectivity index (χ3v) is 6.82. The molecular formula is C26H33NO9S. The molecule has 37 heavy (non-hydrogen) atoms. The quantitative estimate of drug-likeness (QED) is 0.231. The van der Waals surface area contributed by atoms with E-state index in [-0.39, 0.29) is 6.61 Å². The molecule has 1 aromatic carbocycles. The Morgan fingerprint density at radius 1 is 1.00 bits per heavy atom. The van der Waals surface area contributed by atoms with Gasteiger partial charge in [0.25, 0.3) is 0 Å². The van der Waals surface area contributed by atoms with Gasteiger partial charge in [-0.1, -0.05) is 11.6 Å². The van der Waals surface area contributed by atoms with Crippen LogP contribution >= 0.6 is 11.3 Å². The van der Waals surface area contributed by atoms with E-state index in [2.05, 4.69) is 55.3 Å². The number of aliphatic hydroxyl groups excluding tert-OH is 1. The molecule has 0 unspecified atom stereocenters. The Morgan fingerprint density at radius 3 is 2.16 bits per heavy atom. The normalized spacial score (nSPS) is 11.4. The van der Waals surface area contributed by atoms with Crippen molar-refractivity contribution in [3.8, 4) is 0 Å². The number of aliphatic hydroxyl groups is 2. The van der Waals surface area contributed by atoms with Crippen molar-refractivity contribution in [1.29, 1.82) is 0 Å². The average Bonchev–Trinajstić information content (AvgIpc) is 3.34. The molecule has 0 saturated heterocycles. The molecule has 10 nitrogen and oxygen atoms in total. The lowest BCUT2D eigenvalue weighted by atomic mass is 9.96. The first-order valence-corrected chi connectivity index (χ1v) is 12.5. The number of fused-ring (bicyclic) bond motifs is 1. The van der Waals surface area contributed by atoms with Gasteiger partial charge in [0.1, 0.15) is 11.3 Å². The molecule has 0 aliphatic heterocycles. The maximum absolute atomic E-state index is 10.3. The fourth-order valence-corrected chi connectivity index (χ4v) is 4.68. The summed E-state index contributed by atoms with van der Waals surface area (Å²) >= 11 is 1.80. The number of carbonyl (C=O) groups is 3. The Morgan fingerprint density at radius 2 is 1.65 bits per heavy atom. The third-order valence-electron chi connectivity index (χ3n) is 5.81. The number of furan rings is 1. The van der Waals surface area contributed by atoms with Crippen LogP contribution in [0, 0.1) is 20.8 Å². The van der Waals surface area contributed by atoms with E-state index >= 15 is 0 Å². The van der Waals surface area contributed by atoms with Crippen LogP contribution in [-0.4, -0.2) is 67.1 Å². The highest BCUT2D eigenvalue weighted by molar-refractivity contribution is 7.10. The zero-order valence-corrected chi connectivity index (χ0v) is 21.9. The molecule has 0 aliphatic rings. The predicted molar refractivity (Wildman–Crippen MR) is 138 cm³/mol. The van der Waals surface area contributed by atoms with Crippen molar-refractivity contribution >= 4 is 40.2 Å². The lowest BCUT2D eigenvalue weighted by molar-refractivity contribution is -0.170. The molecule has 0 radical (unpaired) electrons. The van der Waals surface area contributed by atoms with Gasteiger partial charge >= 0.3 is 17.9 Å². The van der Waals surface area contributed by atoms with Crippen LogP contribution in [0.4, 0.5) is 0 Å². The van der Waals surface area contributed by atoms with Gasteiger partial charge in [-0.3, -0.25) is 14.5 Å². The van der Waals surface area contributed by atoms with Crippen molar-refractivity contribution in [3.05, 3.63) is 57.0 Å². The molecule has 0 spiro atoms. The van der Waals surface area contributed by atoms with Crippen LogP contribution in [0.25, 0.3) is 11.0 Å². The Labute approximate surface area is 218 Å². The number of rotatable bonds is 12. The van der Waals surface area contributed by atoms with Crippen LogP contribution in [0.3, 0.4) is 0 Å². The Bertz CT molecular complexity index is 1210. The highest BCUT2D eigenvalue weighted by atomic mass is 32.1. The molecule has 11 heteroatoms. The molecule has 5 N–H and O–H groups in total. The summed E-state index contributed by atoms with van der Waals surface area (Å²) in [5, 5.41) is 46.4. The number of nitrogens with zero attached hydrogens (tertiary/aromatic N) is 1. The molecule has 2 heterocycles.